The zero-order valence-electron chi connectivity index (χ0n) is 19.1. The Balaban J connectivity index is 1.31. The predicted octanol–water partition coefficient (Wildman–Crippen LogP) is 3.59. The first-order valence-electron chi connectivity index (χ1n) is 12.2. The second-order valence-electron chi connectivity index (χ2n) is 9.28. The molecule has 180 valence electrons. The van der Waals surface area contributed by atoms with Crippen molar-refractivity contribution in [1.82, 2.24) is 0 Å². The Morgan fingerprint density at radius 1 is 0.781 bits per heavy atom. The van der Waals surface area contributed by atoms with E-state index in [1.54, 1.807) is 0 Å². The zero-order chi connectivity index (χ0) is 22.3. The lowest BCUT2D eigenvalue weighted by Crippen LogP contribution is -2.61. The summed E-state index contributed by atoms with van der Waals surface area (Å²) in [5.41, 5.74) is 0. The van der Waals surface area contributed by atoms with Crippen molar-refractivity contribution in [2.45, 2.75) is 107 Å². The van der Waals surface area contributed by atoms with Gasteiger partial charge in [0.25, 0.3) is 0 Å². The van der Waals surface area contributed by atoms with Gasteiger partial charge in [-0.25, -0.2) is 0 Å². The first kappa shape index (κ1) is 23.8. The number of rotatable bonds is 8. The molecule has 0 unspecified atom stereocenters. The van der Waals surface area contributed by atoms with Crippen LogP contribution >= 0.6 is 0 Å². The van der Waals surface area contributed by atoms with Crippen molar-refractivity contribution in [3.8, 4) is 11.5 Å². The number of hydrogen-bond donors (Lipinski definition) is 2. The second kappa shape index (κ2) is 11.7. The molecule has 32 heavy (non-hydrogen) atoms. The van der Waals surface area contributed by atoms with Gasteiger partial charge < -0.3 is 33.9 Å². The van der Waals surface area contributed by atoms with Gasteiger partial charge in [-0.1, -0.05) is 25.7 Å². The van der Waals surface area contributed by atoms with Crippen LogP contribution in [0.15, 0.2) is 24.3 Å². The van der Waals surface area contributed by atoms with Gasteiger partial charge in [-0.3, -0.25) is 0 Å². The van der Waals surface area contributed by atoms with E-state index in [1.807, 2.05) is 24.3 Å². The maximum absolute atomic E-state index is 10.8. The number of aliphatic hydroxyl groups is 2. The number of benzene rings is 1. The average Bonchev–Trinajstić information content (AvgIpc) is 2.84. The first-order chi connectivity index (χ1) is 15.6. The van der Waals surface area contributed by atoms with Gasteiger partial charge in [0, 0.05) is 7.11 Å². The fourth-order valence-corrected chi connectivity index (χ4v) is 4.95. The lowest BCUT2D eigenvalue weighted by atomic mass is 9.97. The van der Waals surface area contributed by atoms with Crippen LogP contribution in [0.25, 0.3) is 0 Å². The maximum atomic E-state index is 10.8. The van der Waals surface area contributed by atoms with Gasteiger partial charge in [-0.15, -0.1) is 0 Å². The minimum absolute atomic E-state index is 0.195. The maximum Gasteiger partial charge on any atom is 0.197 e. The van der Waals surface area contributed by atoms with Crippen molar-refractivity contribution in [2.75, 3.05) is 13.7 Å². The summed E-state index contributed by atoms with van der Waals surface area (Å²) in [6.45, 7) is 0.225. The number of hydrogen-bond acceptors (Lipinski definition) is 7. The smallest absolute Gasteiger partial charge is 0.197 e. The lowest BCUT2D eigenvalue weighted by Gasteiger charge is -2.42. The summed E-state index contributed by atoms with van der Waals surface area (Å²) in [5, 5.41) is 21.4. The summed E-state index contributed by atoms with van der Waals surface area (Å²) in [4.78, 5) is 0. The number of aliphatic hydroxyl groups excluding tert-OH is 2. The van der Waals surface area contributed by atoms with Crippen molar-refractivity contribution in [3.63, 3.8) is 0 Å². The second-order valence-corrected chi connectivity index (χ2v) is 9.28. The molecular formula is C25H38O7. The molecule has 1 aliphatic heterocycles. The molecule has 5 atom stereocenters. The third-order valence-electron chi connectivity index (χ3n) is 6.88. The highest BCUT2D eigenvalue weighted by atomic mass is 16.7. The van der Waals surface area contributed by atoms with Gasteiger partial charge in [0.1, 0.15) is 29.8 Å². The topological polar surface area (TPSA) is 86.6 Å². The van der Waals surface area contributed by atoms with E-state index in [9.17, 15) is 10.2 Å². The van der Waals surface area contributed by atoms with E-state index >= 15 is 0 Å². The van der Waals surface area contributed by atoms with E-state index in [1.165, 1.54) is 45.6 Å². The zero-order valence-corrected chi connectivity index (χ0v) is 19.1. The van der Waals surface area contributed by atoms with E-state index < -0.39 is 30.7 Å². The molecule has 3 fully saturated rings. The highest BCUT2D eigenvalue weighted by Crippen LogP contribution is 2.30. The van der Waals surface area contributed by atoms with Crippen LogP contribution in [0.3, 0.4) is 0 Å². The SMILES string of the molecule is CO[C@@H]1O[C@H](COC2CCCCC2)[C@@H](O)[C@H](O)[C@H]1Oc1ccc(OC2CCCCC2)cc1. The summed E-state index contributed by atoms with van der Waals surface area (Å²) >= 11 is 0. The van der Waals surface area contributed by atoms with Crippen molar-refractivity contribution < 1.29 is 33.9 Å². The van der Waals surface area contributed by atoms with E-state index in [2.05, 4.69) is 0 Å². The Labute approximate surface area is 191 Å². The van der Waals surface area contributed by atoms with Crippen LogP contribution in [-0.2, 0) is 14.2 Å². The van der Waals surface area contributed by atoms with E-state index in [4.69, 9.17) is 23.7 Å². The largest absolute Gasteiger partial charge is 0.490 e. The standard InChI is InChI=1S/C25H38O7/c1-28-25-24(23(27)22(26)21(32-25)16-29-17-8-4-2-5-9-17)31-20-14-12-19(13-15-20)30-18-10-6-3-7-11-18/h12-15,17-18,21-27H,2-11,16H2,1H3/t21-,22-,23+,24-,25-/m1/s1. The number of ether oxygens (including phenoxy) is 5. The third kappa shape index (κ3) is 6.14. The minimum atomic E-state index is -1.16. The summed E-state index contributed by atoms with van der Waals surface area (Å²) in [7, 11) is 1.51. The minimum Gasteiger partial charge on any atom is -0.490 e. The Morgan fingerprint density at radius 3 is 1.94 bits per heavy atom. The molecule has 0 spiro atoms. The van der Waals surface area contributed by atoms with Gasteiger partial charge >= 0.3 is 0 Å². The van der Waals surface area contributed by atoms with E-state index in [0.29, 0.717) is 5.75 Å². The summed E-state index contributed by atoms with van der Waals surface area (Å²) in [6, 6.07) is 7.36. The van der Waals surface area contributed by atoms with E-state index in [-0.39, 0.29) is 18.8 Å². The highest BCUT2D eigenvalue weighted by molar-refractivity contribution is 5.31. The van der Waals surface area contributed by atoms with E-state index in [0.717, 1.165) is 31.4 Å². The van der Waals surface area contributed by atoms with Crippen LogP contribution in [0.5, 0.6) is 11.5 Å². The van der Waals surface area contributed by atoms with Gasteiger partial charge in [0.2, 0.25) is 0 Å². The van der Waals surface area contributed by atoms with Crippen LogP contribution in [0.2, 0.25) is 0 Å². The molecule has 0 bridgehead atoms. The fourth-order valence-electron chi connectivity index (χ4n) is 4.95. The predicted molar refractivity (Wildman–Crippen MR) is 119 cm³/mol. The van der Waals surface area contributed by atoms with Gasteiger partial charge in [0.15, 0.2) is 12.4 Å². The highest BCUT2D eigenvalue weighted by Gasteiger charge is 2.46. The molecule has 7 nitrogen and oxygen atoms in total. The normalized spacial score (nSPS) is 32.5. The molecule has 0 amide bonds. The Bertz CT molecular complexity index is 667. The van der Waals surface area contributed by atoms with Crippen molar-refractivity contribution in [1.29, 1.82) is 0 Å². The van der Waals surface area contributed by atoms with Crippen molar-refractivity contribution >= 4 is 0 Å². The Kier molecular flexibility index (Phi) is 8.66. The van der Waals surface area contributed by atoms with Gasteiger partial charge in [0.05, 0.1) is 18.8 Å². The van der Waals surface area contributed by atoms with Crippen LogP contribution in [-0.4, -0.2) is 66.8 Å². The summed E-state index contributed by atoms with van der Waals surface area (Å²) in [6.07, 6.45) is 7.45. The van der Waals surface area contributed by atoms with Crippen LogP contribution in [0.4, 0.5) is 0 Å². The Hall–Kier alpha value is -1.38. The fraction of sp³-hybridized carbons (Fsp3) is 0.760. The monoisotopic (exact) mass is 450 g/mol. The van der Waals surface area contributed by atoms with Gasteiger partial charge in [-0.05, 0) is 62.8 Å². The third-order valence-corrected chi connectivity index (χ3v) is 6.88. The van der Waals surface area contributed by atoms with Crippen molar-refractivity contribution in [2.24, 2.45) is 0 Å². The molecule has 1 saturated heterocycles. The molecule has 0 aromatic heterocycles. The molecule has 3 aliphatic rings. The van der Waals surface area contributed by atoms with Crippen LogP contribution in [0.1, 0.15) is 64.2 Å². The molecule has 7 heteroatoms. The average molecular weight is 451 g/mol. The molecule has 0 radical (unpaired) electrons. The van der Waals surface area contributed by atoms with Crippen molar-refractivity contribution in [3.05, 3.63) is 24.3 Å². The summed E-state index contributed by atoms with van der Waals surface area (Å²) in [5.74, 6) is 1.37. The first-order valence-corrected chi connectivity index (χ1v) is 12.2. The number of methoxy groups -OCH3 is 1. The van der Waals surface area contributed by atoms with Crippen LogP contribution in [0, 0.1) is 0 Å². The Morgan fingerprint density at radius 2 is 1.34 bits per heavy atom. The molecule has 2 N–H and O–H groups in total. The lowest BCUT2D eigenvalue weighted by molar-refractivity contribution is -0.292. The quantitative estimate of drug-likeness (QED) is 0.626. The molecule has 1 aromatic carbocycles. The molecular weight excluding hydrogens is 412 g/mol. The molecule has 4 rings (SSSR count). The summed E-state index contributed by atoms with van der Waals surface area (Å²) < 4.78 is 29.3. The molecule has 1 aromatic rings. The molecule has 1 heterocycles. The van der Waals surface area contributed by atoms with Crippen LogP contribution < -0.4 is 9.47 Å². The molecule has 2 saturated carbocycles. The van der Waals surface area contributed by atoms with Gasteiger partial charge in [-0.2, -0.15) is 0 Å². The molecule has 2 aliphatic carbocycles.